The molecule has 2 N–H and O–H groups in total. The zero-order chi connectivity index (χ0) is 15.8. The molecule has 0 atom stereocenters. The second kappa shape index (κ2) is 8.84. The number of carboxylic acids is 1. The Morgan fingerprint density at radius 3 is 2.43 bits per heavy atom. The van der Waals surface area contributed by atoms with E-state index in [0.29, 0.717) is 19.7 Å². The van der Waals surface area contributed by atoms with Gasteiger partial charge in [0.15, 0.2) is 0 Å². The molecule has 0 radical (unpaired) electrons. The molecule has 0 bridgehead atoms. The van der Waals surface area contributed by atoms with E-state index in [-0.39, 0.29) is 37.7 Å². The summed E-state index contributed by atoms with van der Waals surface area (Å²) < 4.78 is 5.47. The molecule has 0 aromatic carbocycles. The Kier molecular flexibility index (Phi) is 7.45. The molecule has 0 saturated carbocycles. The van der Waals surface area contributed by atoms with E-state index in [1.54, 1.807) is 9.80 Å². The average molecular weight is 302 g/mol. The van der Waals surface area contributed by atoms with Crippen molar-refractivity contribution in [2.75, 3.05) is 32.8 Å². The molecule has 2 amide bonds. The van der Waals surface area contributed by atoms with Crippen LogP contribution in [0.25, 0.3) is 0 Å². The Bertz CT molecular complexity index is 340. The minimum absolute atomic E-state index is 0.00939. The first-order valence-electron chi connectivity index (χ1n) is 7.45. The maximum Gasteiger partial charge on any atom is 0.320 e. The lowest BCUT2D eigenvalue weighted by atomic mass is 10.1. The fraction of sp³-hybridized carbons (Fsp3) is 0.857. The van der Waals surface area contributed by atoms with E-state index in [1.807, 2.05) is 13.8 Å². The number of piperidine rings is 1. The molecule has 0 spiro atoms. The van der Waals surface area contributed by atoms with Crippen LogP contribution in [0.2, 0.25) is 0 Å². The lowest BCUT2D eigenvalue weighted by Gasteiger charge is -2.37. The van der Waals surface area contributed by atoms with Crippen molar-refractivity contribution in [1.82, 2.24) is 9.80 Å². The van der Waals surface area contributed by atoms with E-state index in [9.17, 15) is 9.59 Å². The Hall–Kier alpha value is -1.34. The summed E-state index contributed by atoms with van der Waals surface area (Å²) in [7, 11) is 0. The lowest BCUT2D eigenvalue weighted by molar-refractivity contribution is -0.137. The zero-order valence-electron chi connectivity index (χ0n) is 12.8. The quantitative estimate of drug-likeness (QED) is 0.725. The van der Waals surface area contributed by atoms with Crippen LogP contribution in [0.5, 0.6) is 0 Å². The van der Waals surface area contributed by atoms with Crippen LogP contribution < -0.4 is 0 Å². The van der Waals surface area contributed by atoms with Gasteiger partial charge in [-0.1, -0.05) is 0 Å². The molecule has 0 aliphatic carbocycles. The van der Waals surface area contributed by atoms with Crippen LogP contribution in [-0.4, -0.2) is 77.0 Å². The summed E-state index contributed by atoms with van der Waals surface area (Å²) >= 11 is 0. The molecule has 0 aromatic heterocycles. The second-order valence-corrected chi connectivity index (χ2v) is 5.49. The number of hydrogen-bond donors (Lipinski definition) is 2. The van der Waals surface area contributed by atoms with E-state index in [4.69, 9.17) is 14.9 Å². The summed E-state index contributed by atoms with van der Waals surface area (Å²) in [6.45, 7) is 5.54. The van der Waals surface area contributed by atoms with Crippen molar-refractivity contribution in [2.45, 2.75) is 45.3 Å². The van der Waals surface area contributed by atoms with Crippen LogP contribution >= 0.6 is 0 Å². The highest BCUT2D eigenvalue weighted by Crippen LogP contribution is 2.16. The van der Waals surface area contributed by atoms with Crippen LogP contribution in [0.15, 0.2) is 0 Å². The number of aliphatic hydroxyl groups excluding tert-OH is 1. The van der Waals surface area contributed by atoms with Gasteiger partial charge < -0.3 is 24.7 Å². The molecule has 1 rings (SSSR count). The zero-order valence-corrected chi connectivity index (χ0v) is 12.8. The maximum atomic E-state index is 12.5. The fourth-order valence-electron chi connectivity index (χ4n) is 2.41. The van der Waals surface area contributed by atoms with Crippen molar-refractivity contribution >= 4 is 12.0 Å². The molecule has 1 fully saturated rings. The molecule has 7 nitrogen and oxygen atoms in total. The molecular weight excluding hydrogens is 276 g/mol. The van der Waals surface area contributed by atoms with Gasteiger partial charge in [0.25, 0.3) is 0 Å². The third-order valence-electron chi connectivity index (χ3n) is 3.59. The van der Waals surface area contributed by atoms with Gasteiger partial charge in [-0.25, -0.2) is 4.79 Å². The summed E-state index contributed by atoms with van der Waals surface area (Å²) in [6.07, 6.45) is 1.54. The Morgan fingerprint density at radius 1 is 1.33 bits per heavy atom. The predicted molar refractivity (Wildman–Crippen MR) is 77.1 cm³/mol. The number of amides is 2. The Morgan fingerprint density at radius 2 is 1.95 bits per heavy atom. The molecule has 7 heteroatoms. The highest BCUT2D eigenvalue weighted by Gasteiger charge is 2.28. The molecule has 1 aliphatic rings. The predicted octanol–water partition coefficient (Wildman–Crippen LogP) is 0.765. The van der Waals surface area contributed by atoms with Crippen molar-refractivity contribution < 1.29 is 24.5 Å². The molecule has 1 heterocycles. The third kappa shape index (κ3) is 5.89. The van der Waals surface area contributed by atoms with Gasteiger partial charge in [0.05, 0.1) is 25.7 Å². The number of rotatable bonds is 7. The molecule has 1 saturated heterocycles. The number of carbonyl (C=O) groups excluding carboxylic acids is 1. The normalized spacial score (nSPS) is 16.3. The number of carbonyl (C=O) groups is 2. The first-order chi connectivity index (χ1) is 9.95. The van der Waals surface area contributed by atoms with E-state index in [2.05, 4.69) is 0 Å². The summed E-state index contributed by atoms with van der Waals surface area (Å²) in [5.41, 5.74) is 0. The van der Waals surface area contributed by atoms with E-state index in [0.717, 1.165) is 12.8 Å². The van der Waals surface area contributed by atoms with E-state index < -0.39 is 5.97 Å². The number of aliphatic carboxylic acids is 1. The minimum atomic E-state index is -0.899. The van der Waals surface area contributed by atoms with Crippen LogP contribution in [-0.2, 0) is 9.53 Å². The van der Waals surface area contributed by atoms with Crippen LogP contribution in [0.3, 0.4) is 0 Å². The third-order valence-corrected chi connectivity index (χ3v) is 3.59. The van der Waals surface area contributed by atoms with Gasteiger partial charge in [-0.3, -0.25) is 4.79 Å². The van der Waals surface area contributed by atoms with Crippen LogP contribution in [0.1, 0.15) is 33.1 Å². The van der Waals surface area contributed by atoms with E-state index in [1.165, 1.54) is 0 Å². The SMILES string of the molecule is CC(C)N(CCC(=O)O)C(=O)N1CCC(OCCO)CC1. The minimum Gasteiger partial charge on any atom is -0.481 e. The number of carboxylic acid groups (broad SMARTS) is 1. The van der Waals surface area contributed by atoms with Gasteiger partial charge in [-0.05, 0) is 26.7 Å². The van der Waals surface area contributed by atoms with Gasteiger partial charge in [-0.15, -0.1) is 0 Å². The van der Waals surface area contributed by atoms with E-state index >= 15 is 0 Å². The Balaban J connectivity index is 2.47. The molecule has 21 heavy (non-hydrogen) atoms. The molecule has 0 unspecified atom stereocenters. The second-order valence-electron chi connectivity index (χ2n) is 5.49. The molecule has 122 valence electrons. The van der Waals surface area contributed by atoms with Gasteiger partial charge in [-0.2, -0.15) is 0 Å². The lowest BCUT2D eigenvalue weighted by Crippen LogP contribution is -2.50. The summed E-state index contributed by atoms with van der Waals surface area (Å²) in [4.78, 5) is 26.5. The van der Waals surface area contributed by atoms with Crippen molar-refractivity contribution in [2.24, 2.45) is 0 Å². The summed E-state index contributed by atoms with van der Waals surface area (Å²) in [6, 6.07) is -0.132. The Labute approximate surface area is 125 Å². The van der Waals surface area contributed by atoms with Gasteiger partial charge >= 0.3 is 12.0 Å². The first-order valence-corrected chi connectivity index (χ1v) is 7.45. The van der Waals surface area contributed by atoms with Crippen LogP contribution in [0, 0.1) is 0 Å². The number of ether oxygens (including phenoxy) is 1. The van der Waals surface area contributed by atoms with Crippen molar-refractivity contribution in [1.29, 1.82) is 0 Å². The average Bonchev–Trinajstić information content (AvgIpc) is 2.45. The highest BCUT2D eigenvalue weighted by atomic mass is 16.5. The van der Waals surface area contributed by atoms with Gasteiger partial charge in [0, 0.05) is 25.7 Å². The van der Waals surface area contributed by atoms with Crippen molar-refractivity contribution in [3.63, 3.8) is 0 Å². The topological polar surface area (TPSA) is 90.3 Å². The van der Waals surface area contributed by atoms with Gasteiger partial charge in [0.1, 0.15) is 0 Å². The standard InChI is InChI=1S/C14H26N2O5/c1-11(2)16(8-5-13(18)19)14(20)15-6-3-12(4-7-15)21-10-9-17/h11-12,17H,3-10H2,1-2H3,(H,18,19). The van der Waals surface area contributed by atoms with Crippen molar-refractivity contribution in [3.8, 4) is 0 Å². The maximum absolute atomic E-state index is 12.5. The number of urea groups is 1. The molecular formula is C14H26N2O5. The van der Waals surface area contributed by atoms with Gasteiger partial charge in [0.2, 0.25) is 0 Å². The largest absolute Gasteiger partial charge is 0.481 e. The fourth-order valence-corrected chi connectivity index (χ4v) is 2.41. The first kappa shape index (κ1) is 17.7. The number of likely N-dealkylation sites (tertiary alicyclic amines) is 1. The number of aliphatic hydroxyl groups is 1. The van der Waals surface area contributed by atoms with Crippen molar-refractivity contribution in [3.05, 3.63) is 0 Å². The monoisotopic (exact) mass is 302 g/mol. The smallest absolute Gasteiger partial charge is 0.320 e. The molecule has 0 aromatic rings. The summed E-state index contributed by atoms with van der Waals surface area (Å²) in [5.74, 6) is -0.899. The highest BCUT2D eigenvalue weighted by molar-refractivity contribution is 5.76. The number of hydrogen-bond acceptors (Lipinski definition) is 4. The summed E-state index contributed by atoms with van der Waals surface area (Å²) in [5, 5.41) is 17.5. The van der Waals surface area contributed by atoms with Crippen LogP contribution in [0.4, 0.5) is 4.79 Å². The number of nitrogens with zero attached hydrogens (tertiary/aromatic N) is 2. The molecule has 1 aliphatic heterocycles.